The second-order valence-corrected chi connectivity index (χ2v) is 4.59. The van der Waals surface area contributed by atoms with E-state index >= 15 is 0 Å². The van der Waals surface area contributed by atoms with Crippen molar-refractivity contribution in [2.24, 2.45) is 0 Å². The van der Waals surface area contributed by atoms with E-state index in [4.69, 9.17) is 5.73 Å². The zero-order valence-electron chi connectivity index (χ0n) is 12.0. The van der Waals surface area contributed by atoms with Gasteiger partial charge in [-0.3, -0.25) is 0 Å². The van der Waals surface area contributed by atoms with Gasteiger partial charge in [0, 0.05) is 12.3 Å². The number of pyridine rings is 2. The van der Waals surface area contributed by atoms with Crippen molar-refractivity contribution in [2.75, 3.05) is 11.1 Å². The number of nitrogen functional groups attached to an aromatic ring is 1. The average Bonchev–Trinajstić information content (AvgIpc) is 2.50. The van der Waals surface area contributed by atoms with Crippen LogP contribution in [-0.2, 0) is 0 Å². The molecule has 9 heteroatoms. The molecule has 0 aromatic carbocycles. The Kier molecular flexibility index (Phi) is 3.75. The van der Waals surface area contributed by atoms with Crippen LogP contribution in [0.25, 0.3) is 11.4 Å². The zero-order chi connectivity index (χ0) is 16.4. The van der Waals surface area contributed by atoms with Crippen LogP contribution in [0, 0.1) is 18.7 Å². The van der Waals surface area contributed by atoms with Crippen LogP contribution in [0.1, 0.15) is 5.82 Å². The number of nitrogens with two attached hydrogens (primary N) is 1. The molecule has 0 fully saturated rings. The summed E-state index contributed by atoms with van der Waals surface area (Å²) in [6.07, 6.45) is 2.69. The third-order valence-corrected chi connectivity index (χ3v) is 2.87. The van der Waals surface area contributed by atoms with Crippen LogP contribution < -0.4 is 11.1 Å². The van der Waals surface area contributed by atoms with Crippen molar-refractivity contribution in [1.82, 2.24) is 24.9 Å². The molecule has 0 bridgehead atoms. The van der Waals surface area contributed by atoms with Crippen LogP contribution in [0.2, 0.25) is 0 Å². The van der Waals surface area contributed by atoms with Crippen LogP contribution in [-0.4, -0.2) is 24.9 Å². The lowest BCUT2D eigenvalue weighted by Gasteiger charge is -2.10. The summed E-state index contributed by atoms with van der Waals surface area (Å²) in [5, 5.41) is 2.86. The molecule has 116 valence electrons. The normalized spacial score (nSPS) is 10.6. The molecule has 0 aliphatic carbocycles. The largest absolute Gasteiger partial charge is 0.368 e. The number of aryl methyl sites for hydroxylation is 1. The third kappa shape index (κ3) is 3.18. The number of halogens is 2. The molecule has 0 spiro atoms. The van der Waals surface area contributed by atoms with Gasteiger partial charge in [0.05, 0.1) is 17.4 Å². The predicted molar refractivity (Wildman–Crippen MR) is 79.6 cm³/mol. The summed E-state index contributed by atoms with van der Waals surface area (Å²) in [6.45, 7) is 1.68. The lowest BCUT2D eigenvalue weighted by Crippen LogP contribution is -2.04. The minimum Gasteiger partial charge on any atom is -0.368 e. The Bertz CT molecular complexity index is 849. The monoisotopic (exact) mass is 315 g/mol. The molecular weight excluding hydrogens is 304 g/mol. The number of nitrogens with one attached hydrogen (secondary N) is 1. The number of hydrogen-bond donors (Lipinski definition) is 2. The Balaban J connectivity index is 2.02. The van der Waals surface area contributed by atoms with Gasteiger partial charge in [0.2, 0.25) is 11.9 Å². The Labute approximate surface area is 129 Å². The first-order chi connectivity index (χ1) is 11.0. The summed E-state index contributed by atoms with van der Waals surface area (Å²) in [5.41, 5.74) is 6.41. The fourth-order valence-electron chi connectivity index (χ4n) is 1.93. The predicted octanol–water partition coefficient (Wildman–Crippen LogP) is 2.24. The molecular formula is C14H11F2N7. The molecule has 3 aromatic rings. The highest BCUT2D eigenvalue weighted by Crippen LogP contribution is 2.26. The molecule has 0 aliphatic heterocycles. The van der Waals surface area contributed by atoms with E-state index in [1.54, 1.807) is 19.1 Å². The van der Waals surface area contributed by atoms with Crippen LogP contribution in [0.5, 0.6) is 0 Å². The molecule has 0 aliphatic rings. The number of hydrogen-bond acceptors (Lipinski definition) is 7. The quantitative estimate of drug-likeness (QED) is 0.714. The van der Waals surface area contributed by atoms with Gasteiger partial charge in [0.1, 0.15) is 11.6 Å². The van der Waals surface area contributed by atoms with Crippen molar-refractivity contribution in [1.29, 1.82) is 0 Å². The second-order valence-electron chi connectivity index (χ2n) is 4.59. The Morgan fingerprint density at radius 2 is 1.96 bits per heavy atom. The maximum atomic E-state index is 13.3. The van der Waals surface area contributed by atoms with Gasteiger partial charge in [0.15, 0.2) is 11.6 Å². The first kappa shape index (κ1) is 14.7. The van der Waals surface area contributed by atoms with Crippen LogP contribution >= 0.6 is 0 Å². The Morgan fingerprint density at radius 1 is 1.13 bits per heavy atom. The van der Waals surface area contributed by atoms with Gasteiger partial charge in [-0.25, -0.2) is 19.3 Å². The van der Waals surface area contributed by atoms with Gasteiger partial charge in [-0.15, -0.1) is 0 Å². The third-order valence-electron chi connectivity index (χ3n) is 2.87. The topological polar surface area (TPSA) is 102 Å². The highest BCUT2D eigenvalue weighted by Gasteiger charge is 2.12. The van der Waals surface area contributed by atoms with Gasteiger partial charge in [-0.1, -0.05) is 0 Å². The molecule has 0 saturated heterocycles. The molecule has 0 unspecified atom stereocenters. The first-order valence-corrected chi connectivity index (χ1v) is 6.54. The van der Waals surface area contributed by atoms with Crippen molar-refractivity contribution in [3.05, 3.63) is 48.2 Å². The van der Waals surface area contributed by atoms with Gasteiger partial charge in [-0.2, -0.15) is 14.4 Å². The van der Waals surface area contributed by atoms with Gasteiger partial charge in [0.25, 0.3) is 0 Å². The van der Waals surface area contributed by atoms with E-state index in [9.17, 15) is 8.78 Å². The summed E-state index contributed by atoms with van der Waals surface area (Å²) in [4.78, 5) is 19.7. The number of rotatable bonds is 3. The van der Waals surface area contributed by atoms with Crippen LogP contribution in [0.3, 0.4) is 0 Å². The van der Waals surface area contributed by atoms with Gasteiger partial charge >= 0.3 is 0 Å². The number of nitrogens with zero attached hydrogens (tertiary/aromatic N) is 5. The van der Waals surface area contributed by atoms with Crippen LogP contribution in [0.15, 0.2) is 30.6 Å². The summed E-state index contributed by atoms with van der Waals surface area (Å²) in [5.74, 6) is -1.02. The lowest BCUT2D eigenvalue weighted by atomic mass is 10.2. The highest BCUT2D eigenvalue weighted by molar-refractivity contribution is 5.74. The Hall–Kier alpha value is -3.23. The van der Waals surface area contributed by atoms with E-state index in [1.807, 2.05) is 0 Å². The number of anilines is 3. The molecule has 3 aromatic heterocycles. The second kappa shape index (κ2) is 5.87. The van der Waals surface area contributed by atoms with Gasteiger partial charge < -0.3 is 11.1 Å². The summed E-state index contributed by atoms with van der Waals surface area (Å²) in [6, 6.07) is 4.39. The zero-order valence-corrected chi connectivity index (χ0v) is 12.0. The van der Waals surface area contributed by atoms with E-state index < -0.39 is 11.8 Å². The van der Waals surface area contributed by atoms with E-state index in [1.165, 1.54) is 6.20 Å². The van der Waals surface area contributed by atoms with Crippen molar-refractivity contribution < 1.29 is 8.78 Å². The maximum Gasteiger partial charge on any atom is 0.249 e. The molecule has 0 radical (unpaired) electrons. The van der Waals surface area contributed by atoms with Crippen LogP contribution in [0.4, 0.5) is 26.2 Å². The lowest BCUT2D eigenvalue weighted by molar-refractivity contribution is 0.480. The van der Waals surface area contributed by atoms with Gasteiger partial charge in [-0.05, 0) is 19.1 Å². The molecule has 3 rings (SSSR count). The van der Waals surface area contributed by atoms with E-state index in [0.29, 0.717) is 23.0 Å². The van der Waals surface area contributed by atoms with Crippen molar-refractivity contribution >= 4 is 17.5 Å². The number of aromatic nitrogens is 5. The minimum absolute atomic E-state index is 0.0804. The fourth-order valence-corrected chi connectivity index (χ4v) is 1.93. The summed E-state index contributed by atoms with van der Waals surface area (Å²) < 4.78 is 26.2. The smallest absolute Gasteiger partial charge is 0.249 e. The van der Waals surface area contributed by atoms with Crippen molar-refractivity contribution in [3.63, 3.8) is 0 Å². The molecule has 7 nitrogen and oxygen atoms in total. The van der Waals surface area contributed by atoms with E-state index in [0.717, 1.165) is 12.3 Å². The SMILES string of the molecule is Cc1nc(N)nc(-c2cccnc2Nc2cnc(F)c(F)c2)n1. The average molecular weight is 315 g/mol. The Morgan fingerprint density at radius 3 is 2.70 bits per heavy atom. The highest BCUT2D eigenvalue weighted by atomic mass is 19.2. The standard InChI is InChI=1S/C14H11F2N7/c1-7-20-13(23-14(17)21-7)9-3-2-4-18-12(9)22-8-5-10(15)11(16)19-6-8/h2-6H,1H3,(H,18,22)(H2,17,20,21,23). The summed E-state index contributed by atoms with van der Waals surface area (Å²) in [7, 11) is 0. The van der Waals surface area contributed by atoms with E-state index in [-0.39, 0.29) is 11.6 Å². The van der Waals surface area contributed by atoms with E-state index in [2.05, 4.69) is 30.2 Å². The molecule has 3 heterocycles. The molecule has 0 atom stereocenters. The first-order valence-electron chi connectivity index (χ1n) is 6.54. The minimum atomic E-state index is -1.17. The van der Waals surface area contributed by atoms with Crippen molar-refractivity contribution in [2.45, 2.75) is 6.92 Å². The summed E-state index contributed by atoms with van der Waals surface area (Å²) >= 11 is 0. The maximum absolute atomic E-state index is 13.3. The fraction of sp³-hybridized carbons (Fsp3) is 0.0714. The molecule has 0 amide bonds. The van der Waals surface area contributed by atoms with Crippen molar-refractivity contribution in [3.8, 4) is 11.4 Å². The molecule has 3 N–H and O–H groups in total. The molecule has 23 heavy (non-hydrogen) atoms. The molecule has 0 saturated carbocycles.